The van der Waals surface area contributed by atoms with E-state index in [0.29, 0.717) is 0 Å². The fourth-order valence-electron chi connectivity index (χ4n) is 0. The molecule has 4 nitrogen and oxygen atoms in total. The van der Waals surface area contributed by atoms with Gasteiger partial charge in [0, 0.05) is 44.1 Å². The summed E-state index contributed by atoms with van der Waals surface area (Å²) < 4.78 is 0. The Morgan fingerprint density at radius 2 is 0.571 bits per heavy atom. The first-order chi connectivity index (χ1) is 0. The van der Waals surface area contributed by atoms with Crippen LogP contribution in [0.1, 0.15) is 0 Å². The van der Waals surface area contributed by atoms with Crippen molar-refractivity contribution in [1.82, 2.24) is 0 Å². The van der Waals surface area contributed by atoms with E-state index < -0.39 is 0 Å². The van der Waals surface area contributed by atoms with Gasteiger partial charge in [0.15, 0.2) is 0 Å². The fourth-order valence-corrected chi connectivity index (χ4v) is 0. The third-order valence-electron chi connectivity index (χ3n) is 0. The van der Waals surface area contributed by atoms with E-state index in [2.05, 4.69) is 0 Å². The van der Waals surface area contributed by atoms with Gasteiger partial charge in [-0.05, 0) is 0 Å². The van der Waals surface area contributed by atoms with Crippen LogP contribution in [-0.4, -0.2) is 49.2 Å². The van der Waals surface area contributed by atoms with Gasteiger partial charge in [-0.2, -0.15) is 0 Å². The molecular formula is H10NbO4PbTi. The van der Waals surface area contributed by atoms with Gasteiger partial charge >= 0.3 is 27.3 Å². The van der Waals surface area contributed by atoms with Crippen LogP contribution in [0.4, 0.5) is 0 Å². The molecule has 0 bridgehead atoms. The van der Waals surface area contributed by atoms with Crippen molar-refractivity contribution in [2.75, 3.05) is 0 Å². The average molecular weight is 422 g/mol. The molecule has 0 aliphatic carbocycles. The molecule has 0 unspecified atom stereocenters. The summed E-state index contributed by atoms with van der Waals surface area (Å²) >= 11 is 0. The molecule has 0 saturated heterocycles. The SMILES string of the molecule is O.O.O.O.[Nb].[PbH2].[Ti]. The van der Waals surface area contributed by atoms with Crippen LogP contribution in [0.2, 0.25) is 0 Å². The van der Waals surface area contributed by atoms with E-state index >= 15 is 0 Å². The smallest absolute Gasteiger partial charge is 0 e. The maximum atomic E-state index is 0. The Labute approximate surface area is 92.2 Å². The van der Waals surface area contributed by atoms with Crippen LogP contribution < -0.4 is 0 Å². The second kappa shape index (κ2) is 87.1. The maximum absolute atomic E-state index is 0. The topological polar surface area (TPSA) is 126 Å². The molecule has 0 rings (SSSR count). The van der Waals surface area contributed by atoms with Gasteiger partial charge in [-0.1, -0.05) is 0 Å². The van der Waals surface area contributed by atoms with E-state index in [1.165, 1.54) is 0 Å². The molecule has 7 heteroatoms. The van der Waals surface area contributed by atoms with Gasteiger partial charge in [0.25, 0.3) is 0 Å². The fraction of sp³-hybridized carbons (Fsp3) is 0. The van der Waals surface area contributed by atoms with Crippen molar-refractivity contribution in [3.8, 4) is 0 Å². The Balaban J connectivity index is 0. The Kier molecular flexibility index (Phi) is 1580. The summed E-state index contributed by atoms with van der Waals surface area (Å²) in [6, 6.07) is 0. The van der Waals surface area contributed by atoms with Crippen LogP contribution in [0, 0.1) is 0 Å². The molecule has 8 N–H and O–H groups in total. The summed E-state index contributed by atoms with van der Waals surface area (Å²) in [7, 11) is 0. The van der Waals surface area contributed by atoms with E-state index in [1.807, 2.05) is 0 Å². The van der Waals surface area contributed by atoms with Crippen molar-refractivity contribution in [3.63, 3.8) is 0 Å². The van der Waals surface area contributed by atoms with Gasteiger partial charge in [-0.3, -0.25) is 0 Å². The third-order valence-corrected chi connectivity index (χ3v) is 0. The molecule has 7 heavy (non-hydrogen) atoms. The number of hydrogen-bond acceptors (Lipinski definition) is 0. The summed E-state index contributed by atoms with van der Waals surface area (Å²) in [5, 5.41) is 0. The molecule has 3 radical (unpaired) electrons. The largest absolute Gasteiger partial charge is 0 e. The molecule has 0 spiro atoms. The number of rotatable bonds is 0. The summed E-state index contributed by atoms with van der Waals surface area (Å²) in [6.07, 6.45) is 0. The van der Waals surface area contributed by atoms with Crippen molar-refractivity contribution in [1.29, 1.82) is 0 Å². The Morgan fingerprint density at radius 1 is 0.571 bits per heavy atom. The summed E-state index contributed by atoms with van der Waals surface area (Å²) in [5.74, 6) is 0. The quantitative estimate of drug-likeness (QED) is 0.351. The van der Waals surface area contributed by atoms with E-state index in [1.54, 1.807) is 0 Å². The van der Waals surface area contributed by atoms with Crippen LogP contribution in [0.15, 0.2) is 0 Å². The van der Waals surface area contributed by atoms with Crippen LogP contribution in [0.5, 0.6) is 0 Å². The Hall–Kier alpha value is 2.22. The van der Waals surface area contributed by atoms with Crippen LogP contribution in [0.25, 0.3) is 0 Å². The van der Waals surface area contributed by atoms with Crippen molar-refractivity contribution in [2.45, 2.75) is 0 Å². The van der Waals surface area contributed by atoms with Crippen molar-refractivity contribution in [2.24, 2.45) is 0 Å². The van der Waals surface area contributed by atoms with Crippen LogP contribution in [0.3, 0.4) is 0 Å². The van der Waals surface area contributed by atoms with Gasteiger partial charge in [-0.15, -0.1) is 0 Å². The molecule has 0 aliphatic rings. The normalized spacial score (nSPS) is 0. The van der Waals surface area contributed by atoms with Crippen molar-refractivity contribution < 1.29 is 66.0 Å². The first-order valence-corrected chi connectivity index (χ1v) is 0. The summed E-state index contributed by atoms with van der Waals surface area (Å²) in [4.78, 5) is 0. The van der Waals surface area contributed by atoms with Crippen LogP contribution in [-0.2, 0) is 44.1 Å². The Morgan fingerprint density at radius 3 is 0.571 bits per heavy atom. The minimum atomic E-state index is 0. The maximum Gasteiger partial charge on any atom is 0 e. The second-order valence-corrected chi connectivity index (χ2v) is 0. The second-order valence-electron chi connectivity index (χ2n) is 0. The zero-order valence-corrected chi connectivity index (χ0v) is 12.9. The van der Waals surface area contributed by atoms with Gasteiger partial charge in [0.2, 0.25) is 0 Å². The zero-order valence-electron chi connectivity index (χ0n) is 3.65. The van der Waals surface area contributed by atoms with Gasteiger partial charge in [-0.25, -0.2) is 0 Å². The minimum absolute atomic E-state index is 0. The van der Waals surface area contributed by atoms with Gasteiger partial charge in [0.1, 0.15) is 0 Å². The molecule has 0 aromatic heterocycles. The first-order valence-electron chi connectivity index (χ1n) is 0. The van der Waals surface area contributed by atoms with Crippen molar-refractivity contribution >= 4 is 27.3 Å². The van der Waals surface area contributed by atoms with Gasteiger partial charge in [0.05, 0.1) is 0 Å². The molecule has 0 heterocycles. The van der Waals surface area contributed by atoms with Crippen LogP contribution >= 0.6 is 0 Å². The summed E-state index contributed by atoms with van der Waals surface area (Å²) in [5.41, 5.74) is 0. The molecule has 0 amide bonds. The van der Waals surface area contributed by atoms with Crippen molar-refractivity contribution in [3.05, 3.63) is 0 Å². The first kappa shape index (κ1) is 127. The van der Waals surface area contributed by atoms with E-state index in [4.69, 9.17) is 0 Å². The molecule has 0 aromatic rings. The molecule has 0 aliphatic heterocycles. The number of hydrogen-bond donors (Lipinski definition) is 0. The van der Waals surface area contributed by atoms with E-state index in [0.717, 1.165) is 0 Å². The molecule has 0 aromatic carbocycles. The predicted octanol–water partition coefficient (Wildman–Crippen LogP) is -4.22. The van der Waals surface area contributed by atoms with E-state index in [9.17, 15) is 0 Å². The molecule has 47 valence electrons. The Bertz CT molecular complexity index is 11.7. The molecule has 0 saturated carbocycles. The average Bonchev–Trinajstić information content (AvgIpc) is 0. The molecular weight excluding hydrogens is 412 g/mol. The third kappa shape index (κ3) is 64.6. The molecule has 0 fully saturated rings. The van der Waals surface area contributed by atoms with E-state index in [-0.39, 0.29) is 93.3 Å². The van der Waals surface area contributed by atoms with Gasteiger partial charge < -0.3 is 21.9 Å². The molecule has 0 atom stereocenters. The minimum Gasteiger partial charge on any atom is 0 e. The summed E-state index contributed by atoms with van der Waals surface area (Å²) in [6.45, 7) is 0. The standard InChI is InChI=1S/Nb.4H2O.Pb.Ti.2H/h;4*1H2;;;;. The predicted molar refractivity (Wildman–Crippen MR) is 23.0 cm³/mol. The monoisotopic (exact) mass is 423 g/mol. The zero-order chi connectivity index (χ0) is 0.